The van der Waals surface area contributed by atoms with Crippen molar-refractivity contribution < 1.29 is 19.1 Å². The van der Waals surface area contributed by atoms with Crippen LogP contribution in [0, 0.1) is 0 Å². The molecule has 0 unspecified atom stereocenters. The molecule has 2 aromatic rings. The summed E-state index contributed by atoms with van der Waals surface area (Å²) in [6.45, 7) is 0.312. The van der Waals surface area contributed by atoms with Crippen LogP contribution in [-0.4, -0.2) is 37.0 Å². The number of benzene rings is 2. The molecule has 1 aliphatic heterocycles. The highest BCUT2D eigenvalue weighted by Gasteiger charge is 2.36. The molecule has 5 nitrogen and oxygen atoms in total. The normalized spacial score (nSPS) is 13.2. The number of rotatable bonds is 5. The van der Waals surface area contributed by atoms with Crippen LogP contribution in [-0.2, 0) is 0 Å². The van der Waals surface area contributed by atoms with Gasteiger partial charge in [-0.3, -0.25) is 14.5 Å². The molecule has 7 heteroatoms. The maximum atomic E-state index is 12.3. The summed E-state index contributed by atoms with van der Waals surface area (Å²) in [6, 6.07) is 9.87. The van der Waals surface area contributed by atoms with Crippen molar-refractivity contribution in [2.45, 2.75) is 0 Å². The van der Waals surface area contributed by atoms with E-state index in [0.717, 1.165) is 10.6 Å². The standard InChI is InChI=1S/C17H13Cl2NO4/c1-23-10-2-4-11(5-3-10)24-7-6-20-16(21)12-8-14(18)15(19)9-13(12)17(20)22/h2-5,8-9H,6-7H2,1H3. The van der Waals surface area contributed by atoms with E-state index in [4.69, 9.17) is 32.7 Å². The predicted molar refractivity (Wildman–Crippen MR) is 90.3 cm³/mol. The highest BCUT2D eigenvalue weighted by molar-refractivity contribution is 6.43. The van der Waals surface area contributed by atoms with Gasteiger partial charge in [-0.05, 0) is 36.4 Å². The number of carbonyl (C=O) groups excluding carboxylic acids is 2. The molecule has 2 aromatic carbocycles. The topological polar surface area (TPSA) is 55.8 Å². The average molecular weight is 366 g/mol. The van der Waals surface area contributed by atoms with Gasteiger partial charge in [-0.2, -0.15) is 0 Å². The Morgan fingerprint density at radius 2 is 1.42 bits per heavy atom. The van der Waals surface area contributed by atoms with Crippen LogP contribution in [0.4, 0.5) is 0 Å². The van der Waals surface area contributed by atoms with Gasteiger partial charge in [-0.25, -0.2) is 0 Å². The third-order valence-corrected chi connectivity index (χ3v) is 4.38. The summed E-state index contributed by atoms with van der Waals surface area (Å²) in [7, 11) is 1.58. The maximum Gasteiger partial charge on any atom is 0.261 e. The molecular weight excluding hydrogens is 353 g/mol. The van der Waals surface area contributed by atoms with Gasteiger partial charge < -0.3 is 9.47 Å². The smallest absolute Gasteiger partial charge is 0.261 e. The van der Waals surface area contributed by atoms with E-state index in [-0.39, 0.29) is 34.3 Å². The fraction of sp³-hybridized carbons (Fsp3) is 0.176. The predicted octanol–water partition coefficient (Wildman–Crippen LogP) is 3.68. The summed E-state index contributed by atoms with van der Waals surface area (Å²) >= 11 is 11.8. The van der Waals surface area contributed by atoms with E-state index in [1.54, 1.807) is 31.4 Å². The van der Waals surface area contributed by atoms with Crippen molar-refractivity contribution in [3.63, 3.8) is 0 Å². The first kappa shape index (κ1) is 16.6. The fourth-order valence-corrected chi connectivity index (χ4v) is 2.74. The maximum absolute atomic E-state index is 12.3. The van der Waals surface area contributed by atoms with Gasteiger partial charge in [0.15, 0.2) is 0 Å². The minimum absolute atomic E-state index is 0.133. The molecule has 0 spiro atoms. The van der Waals surface area contributed by atoms with Crippen molar-refractivity contribution in [2.75, 3.05) is 20.3 Å². The van der Waals surface area contributed by atoms with Gasteiger partial charge in [0, 0.05) is 0 Å². The van der Waals surface area contributed by atoms with Crippen LogP contribution in [0.2, 0.25) is 10.0 Å². The zero-order valence-corrected chi connectivity index (χ0v) is 14.2. The van der Waals surface area contributed by atoms with Crippen molar-refractivity contribution in [1.82, 2.24) is 4.90 Å². The van der Waals surface area contributed by atoms with Crippen LogP contribution >= 0.6 is 23.2 Å². The van der Waals surface area contributed by atoms with E-state index in [1.807, 2.05) is 0 Å². The van der Waals surface area contributed by atoms with Gasteiger partial charge >= 0.3 is 0 Å². The van der Waals surface area contributed by atoms with Crippen LogP contribution < -0.4 is 9.47 Å². The molecule has 0 atom stereocenters. The largest absolute Gasteiger partial charge is 0.497 e. The Morgan fingerprint density at radius 3 is 1.92 bits per heavy atom. The van der Waals surface area contributed by atoms with Crippen LogP contribution in [0.1, 0.15) is 20.7 Å². The molecule has 0 aliphatic carbocycles. The molecule has 0 saturated carbocycles. The Bertz CT molecular complexity index is 764. The highest BCUT2D eigenvalue weighted by atomic mass is 35.5. The summed E-state index contributed by atoms with van der Waals surface area (Å²) in [5, 5.41) is 0.487. The third-order valence-electron chi connectivity index (χ3n) is 3.65. The van der Waals surface area contributed by atoms with Crippen LogP contribution in [0.25, 0.3) is 0 Å². The molecule has 3 rings (SSSR count). The summed E-state index contributed by atoms with van der Waals surface area (Å²) in [6.07, 6.45) is 0. The van der Waals surface area contributed by atoms with Crippen molar-refractivity contribution in [3.05, 3.63) is 57.6 Å². The van der Waals surface area contributed by atoms with Crippen LogP contribution in [0.15, 0.2) is 36.4 Å². The summed E-state index contributed by atoms with van der Waals surface area (Å²) in [5.74, 6) is 0.550. The Kier molecular flexibility index (Phi) is 4.64. The van der Waals surface area contributed by atoms with Gasteiger partial charge in [0.1, 0.15) is 18.1 Å². The second-order valence-corrected chi connectivity index (χ2v) is 5.91. The van der Waals surface area contributed by atoms with Crippen molar-refractivity contribution in [3.8, 4) is 11.5 Å². The lowest BCUT2D eigenvalue weighted by molar-refractivity contribution is 0.0631. The second-order valence-electron chi connectivity index (χ2n) is 5.10. The number of hydrogen-bond acceptors (Lipinski definition) is 4. The van der Waals surface area contributed by atoms with Gasteiger partial charge in [-0.15, -0.1) is 0 Å². The molecule has 0 radical (unpaired) electrons. The Labute approximate surface area is 148 Å². The quantitative estimate of drug-likeness (QED) is 0.758. The zero-order valence-electron chi connectivity index (χ0n) is 12.7. The van der Waals surface area contributed by atoms with Gasteiger partial charge in [0.05, 0.1) is 34.8 Å². The molecule has 1 heterocycles. The lowest BCUT2D eigenvalue weighted by Gasteiger charge is -2.14. The Hall–Kier alpha value is -2.24. The first-order chi connectivity index (χ1) is 11.5. The van der Waals surface area contributed by atoms with E-state index in [9.17, 15) is 9.59 Å². The van der Waals surface area contributed by atoms with Crippen molar-refractivity contribution >= 4 is 35.0 Å². The lowest BCUT2D eigenvalue weighted by Crippen LogP contribution is -2.33. The number of hydrogen-bond donors (Lipinski definition) is 0. The number of ether oxygens (including phenoxy) is 2. The first-order valence-corrected chi connectivity index (χ1v) is 7.89. The molecule has 0 bridgehead atoms. The molecule has 0 saturated heterocycles. The molecule has 0 fully saturated rings. The Morgan fingerprint density at radius 1 is 0.917 bits per heavy atom. The lowest BCUT2D eigenvalue weighted by atomic mass is 10.1. The fourth-order valence-electron chi connectivity index (χ4n) is 2.41. The molecular formula is C17H13Cl2NO4. The Balaban J connectivity index is 1.66. The monoisotopic (exact) mass is 365 g/mol. The van der Waals surface area contributed by atoms with Gasteiger partial charge in [0.25, 0.3) is 11.8 Å². The van der Waals surface area contributed by atoms with Crippen molar-refractivity contribution in [2.24, 2.45) is 0 Å². The number of amides is 2. The summed E-state index contributed by atoms with van der Waals surface area (Å²) in [4.78, 5) is 25.8. The molecule has 0 N–H and O–H groups in total. The van der Waals surface area contributed by atoms with E-state index in [1.165, 1.54) is 12.1 Å². The van der Waals surface area contributed by atoms with E-state index < -0.39 is 11.8 Å². The average Bonchev–Trinajstić information content (AvgIpc) is 2.80. The van der Waals surface area contributed by atoms with Crippen LogP contribution in [0.3, 0.4) is 0 Å². The number of nitrogens with zero attached hydrogens (tertiary/aromatic N) is 1. The minimum atomic E-state index is -0.396. The highest BCUT2D eigenvalue weighted by Crippen LogP contribution is 2.31. The number of halogens is 2. The molecule has 124 valence electrons. The van der Waals surface area contributed by atoms with E-state index >= 15 is 0 Å². The van der Waals surface area contributed by atoms with Gasteiger partial charge in [0.2, 0.25) is 0 Å². The number of carbonyl (C=O) groups is 2. The number of methoxy groups -OCH3 is 1. The minimum Gasteiger partial charge on any atom is -0.497 e. The van der Waals surface area contributed by atoms with Crippen molar-refractivity contribution in [1.29, 1.82) is 0 Å². The van der Waals surface area contributed by atoms with Gasteiger partial charge in [-0.1, -0.05) is 23.2 Å². The van der Waals surface area contributed by atoms with E-state index in [0.29, 0.717) is 5.75 Å². The zero-order chi connectivity index (χ0) is 17.3. The molecule has 24 heavy (non-hydrogen) atoms. The van der Waals surface area contributed by atoms with E-state index in [2.05, 4.69) is 0 Å². The first-order valence-electron chi connectivity index (χ1n) is 7.13. The molecule has 0 aromatic heterocycles. The van der Waals surface area contributed by atoms with Crippen LogP contribution in [0.5, 0.6) is 11.5 Å². The number of fused-ring (bicyclic) bond motifs is 1. The molecule has 2 amide bonds. The third kappa shape index (κ3) is 3.05. The summed E-state index contributed by atoms with van der Waals surface area (Å²) < 4.78 is 10.6. The SMILES string of the molecule is COc1ccc(OCCN2C(=O)c3cc(Cl)c(Cl)cc3C2=O)cc1. The number of imide groups is 1. The molecule has 1 aliphatic rings. The second kappa shape index (κ2) is 6.71. The summed E-state index contributed by atoms with van der Waals surface area (Å²) in [5.41, 5.74) is 0.526.